The molecule has 0 unspecified atom stereocenters. The first-order valence-electron chi connectivity index (χ1n) is 3.10. The van der Waals surface area contributed by atoms with Gasteiger partial charge in [0.05, 0.1) is 6.20 Å². The molecular formula is C6H5ClN4. The van der Waals surface area contributed by atoms with Gasteiger partial charge < -0.3 is 0 Å². The number of aryl methyl sites for hydroxylation is 1. The van der Waals surface area contributed by atoms with Crippen molar-refractivity contribution >= 4 is 17.1 Å². The minimum Gasteiger partial charge on any atom is -0.217 e. The highest BCUT2D eigenvalue weighted by Crippen LogP contribution is 2.15. The van der Waals surface area contributed by atoms with Crippen LogP contribution in [0.4, 0.5) is 0 Å². The summed E-state index contributed by atoms with van der Waals surface area (Å²) in [6.07, 6.45) is 3.25. The molecule has 0 aliphatic heterocycles. The molecule has 0 amide bonds. The molecule has 0 spiro atoms. The number of halogens is 1. The van der Waals surface area contributed by atoms with Crippen LogP contribution in [0, 0.1) is 6.92 Å². The lowest BCUT2D eigenvalue weighted by Gasteiger charge is -1.92. The van der Waals surface area contributed by atoms with E-state index in [0.29, 0.717) is 5.15 Å². The van der Waals surface area contributed by atoms with Crippen LogP contribution in [0.1, 0.15) is 5.56 Å². The molecule has 5 heteroatoms. The summed E-state index contributed by atoms with van der Waals surface area (Å²) >= 11 is 5.77. The summed E-state index contributed by atoms with van der Waals surface area (Å²) in [5, 5.41) is 11.7. The highest BCUT2D eigenvalue weighted by molar-refractivity contribution is 6.32. The Morgan fingerprint density at radius 3 is 3.09 bits per heavy atom. The number of rotatable bonds is 0. The number of hydrogen-bond acceptors (Lipinski definition) is 3. The van der Waals surface area contributed by atoms with Gasteiger partial charge in [-0.3, -0.25) is 0 Å². The van der Waals surface area contributed by atoms with Gasteiger partial charge in [-0.1, -0.05) is 11.6 Å². The lowest BCUT2D eigenvalue weighted by Crippen LogP contribution is -1.92. The molecule has 56 valence electrons. The van der Waals surface area contributed by atoms with Gasteiger partial charge in [-0.2, -0.15) is 5.10 Å². The van der Waals surface area contributed by atoms with Crippen LogP contribution in [0.5, 0.6) is 0 Å². The third kappa shape index (κ3) is 0.867. The lowest BCUT2D eigenvalue weighted by molar-refractivity contribution is 0.864. The molecule has 0 atom stereocenters. The van der Waals surface area contributed by atoms with Gasteiger partial charge in [-0.15, -0.1) is 10.2 Å². The van der Waals surface area contributed by atoms with E-state index < -0.39 is 0 Å². The number of aromatic nitrogens is 4. The molecule has 0 aliphatic rings. The maximum absolute atomic E-state index is 5.77. The van der Waals surface area contributed by atoms with Gasteiger partial charge in [0.1, 0.15) is 11.8 Å². The average Bonchev–Trinajstić information content (AvgIpc) is 2.34. The van der Waals surface area contributed by atoms with Gasteiger partial charge in [0, 0.05) is 0 Å². The number of nitrogens with zero attached hydrogens (tertiary/aromatic N) is 4. The van der Waals surface area contributed by atoms with Gasteiger partial charge >= 0.3 is 0 Å². The van der Waals surface area contributed by atoms with E-state index in [2.05, 4.69) is 15.3 Å². The zero-order valence-corrected chi connectivity index (χ0v) is 6.58. The normalized spacial score (nSPS) is 10.7. The molecular weight excluding hydrogens is 164 g/mol. The van der Waals surface area contributed by atoms with Gasteiger partial charge in [-0.05, 0) is 12.5 Å². The molecule has 0 radical (unpaired) electrons. The van der Waals surface area contributed by atoms with Crippen LogP contribution in [0.3, 0.4) is 0 Å². The Morgan fingerprint density at radius 1 is 1.55 bits per heavy atom. The Kier molecular flexibility index (Phi) is 1.29. The summed E-state index contributed by atoms with van der Waals surface area (Å²) in [4.78, 5) is 0. The van der Waals surface area contributed by atoms with Crippen molar-refractivity contribution < 1.29 is 0 Å². The van der Waals surface area contributed by atoms with E-state index in [1.807, 2.05) is 6.92 Å². The van der Waals surface area contributed by atoms with Gasteiger partial charge in [0.15, 0.2) is 5.15 Å². The highest BCUT2D eigenvalue weighted by atomic mass is 35.5. The van der Waals surface area contributed by atoms with Crippen molar-refractivity contribution in [2.45, 2.75) is 6.92 Å². The predicted molar refractivity (Wildman–Crippen MR) is 40.5 cm³/mol. The van der Waals surface area contributed by atoms with Crippen molar-refractivity contribution in [1.29, 1.82) is 0 Å². The Bertz CT molecular complexity index is 394. The second kappa shape index (κ2) is 2.17. The standard InChI is InChI=1S/C6H5ClN4/c1-4-2-9-11-3-8-10-6(7)5(4)11/h2-3H,1H3. The molecule has 11 heavy (non-hydrogen) atoms. The topological polar surface area (TPSA) is 43.1 Å². The van der Waals surface area contributed by atoms with E-state index in [0.717, 1.165) is 11.1 Å². The van der Waals surface area contributed by atoms with E-state index in [1.165, 1.54) is 6.33 Å². The Hall–Kier alpha value is -1.16. The zero-order valence-electron chi connectivity index (χ0n) is 5.82. The Labute approximate surface area is 67.8 Å². The number of fused-ring (bicyclic) bond motifs is 1. The van der Waals surface area contributed by atoms with Crippen LogP contribution in [0.25, 0.3) is 5.52 Å². The summed E-state index contributed by atoms with van der Waals surface area (Å²) in [7, 11) is 0. The van der Waals surface area contributed by atoms with E-state index in [-0.39, 0.29) is 0 Å². The van der Waals surface area contributed by atoms with Crippen molar-refractivity contribution in [2.75, 3.05) is 0 Å². The molecule has 4 nitrogen and oxygen atoms in total. The third-order valence-corrected chi connectivity index (χ3v) is 1.73. The van der Waals surface area contributed by atoms with Crippen molar-refractivity contribution in [1.82, 2.24) is 19.8 Å². The van der Waals surface area contributed by atoms with Crippen LogP contribution < -0.4 is 0 Å². The maximum atomic E-state index is 5.77. The van der Waals surface area contributed by atoms with Gasteiger partial charge in [0.25, 0.3) is 0 Å². The van der Waals surface area contributed by atoms with Crippen LogP contribution >= 0.6 is 11.6 Å². The molecule has 2 aromatic heterocycles. The van der Waals surface area contributed by atoms with Crippen molar-refractivity contribution in [3.05, 3.63) is 23.2 Å². The SMILES string of the molecule is Cc1cnn2cnnc(Cl)c12. The van der Waals surface area contributed by atoms with Crippen molar-refractivity contribution in [2.24, 2.45) is 0 Å². The highest BCUT2D eigenvalue weighted by Gasteiger charge is 2.04. The molecule has 2 aromatic rings. The monoisotopic (exact) mass is 168 g/mol. The molecule has 0 N–H and O–H groups in total. The molecule has 0 aromatic carbocycles. The quantitative estimate of drug-likeness (QED) is 0.592. The fraction of sp³-hybridized carbons (Fsp3) is 0.167. The molecule has 2 rings (SSSR count). The second-order valence-corrected chi connectivity index (χ2v) is 2.60. The van der Waals surface area contributed by atoms with Gasteiger partial charge in [-0.25, -0.2) is 4.52 Å². The minimum atomic E-state index is 0.391. The Morgan fingerprint density at radius 2 is 2.36 bits per heavy atom. The third-order valence-electron chi connectivity index (χ3n) is 1.48. The average molecular weight is 169 g/mol. The second-order valence-electron chi connectivity index (χ2n) is 2.24. The predicted octanol–water partition coefficient (Wildman–Crippen LogP) is 1.09. The summed E-state index contributed by atoms with van der Waals surface area (Å²) < 4.78 is 1.60. The molecule has 0 bridgehead atoms. The fourth-order valence-electron chi connectivity index (χ4n) is 0.966. The molecule has 2 heterocycles. The molecule has 0 aliphatic carbocycles. The first-order valence-corrected chi connectivity index (χ1v) is 3.48. The van der Waals surface area contributed by atoms with Crippen LogP contribution in [0.2, 0.25) is 5.15 Å². The summed E-state index contributed by atoms with van der Waals surface area (Å²) in [6.45, 7) is 1.93. The zero-order chi connectivity index (χ0) is 7.84. The van der Waals surface area contributed by atoms with Crippen LogP contribution in [-0.4, -0.2) is 19.8 Å². The van der Waals surface area contributed by atoms with Crippen molar-refractivity contribution in [3.8, 4) is 0 Å². The van der Waals surface area contributed by atoms with E-state index >= 15 is 0 Å². The van der Waals surface area contributed by atoms with E-state index in [1.54, 1.807) is 10.7 Å². The first kappa shape index (κ1) is 6.54. The van der Waals surface area contributed by atoms with Crippen molar-refractivity contribution in [3.63, 3.8) is 0 Å². The number of hydrogen-bond donors (Lipinski definition) is 0. The lowest BCUT2D eigenvalue weighted by atomic mass is 10.3. The van der Waals surface area contributed by atoms with E-state index in [9.17, 15) is 0 Å². The molecule has 0 saturated carbocycles. The summed E-state index contributed by atoms with van der Waals surface area (Å²) in [5.41, 5.74) is 1.83. The summed E-state index contributed by atoms with van der Waals surface area (Å²) in [6, 6.07) is 0. The largest absolute Gasteiger partial charge is 0.217 e. The smallest absolute Gasteiger partial charge is 0.177 e. The fourth-order valence-corrected chi connectivity index (χ4v) is 1.25. The van der Waals surface area contributed by atoms with Gasteiger partial charge in [0.2, 0.25) is 0 Å². The van der Waals surface area contributed by atoms with E-state index in [4.69, 9.17) is 11.6 Å². The Balaban J connectivity index is 2.96. The summed E-state index contributed by atoms with van der Waals surface area (Å²) in [5.74, 6) is 0. The first-order chi connectivity index (χ1) is 5.29. The van der Waals surface area contributed by atoms with Crippen LogP contribution in [-0.2, 0) is 0 Å². The maximum Gasteiger partial charge on any atom is 0.177 e. The molecule has 0 saturated heterocycles. The molecule has 0 fully saturated rings. The minimum absolute atomic E-state index is 0.391. The van der Waals surface area contributed by atoms with Crippen LogP contribution in [0.15, 0.2) is 12.5 Å².